The Morgan fingerprint density at radius 3 is 2.88 bits per heavy atom. The van der Waals surface area contributed by atoms with Crippen molar-refractivity contribution >= 4 is 11.7 Å². The topological polar surface area (TPSA) is 86.6 Å². The van der Waals surface area contributed by atoms with Crippen LogP contribution < -0.4 is 24.8 Å². The van der Waals surface area contributed by atoms with Gasteiger partial charge in [-0.15, -0.1) is 0 Å². The predicted octanol–water partition coefficient (Wildman–Crippen LogP) is 2.22. The van der Waals surface area contributed by atoms with Gasteiger partial charge in [-0.25, -0.2) is 9.78 Å². The summed E-state index contributed by atoms with van der Waals surface area (Å²) in [7, 11) is 1.54. The molecule has 8 nitrogen and oxygen atoms in total. The van der Waals surface area contributed by atoms with Gasteiger partial charge in [0.2, 0.25) is 6.79 Å². The fourth-order valence-electron chi connectivity index (χ4n) is 2.46. The number of carbonyl (C=O) groups excluding carboxylic acids is 1. The van der Waals surface area contributed by atoms with Crippen molar-refractivity contribution in [3.63, 3.8) is 0 Å². The Kier molecular flexibility index (Phi) is 4.74. The molecule has 0 aliphatic carbocycles. The molecule has 0 fully saturated rings. The van der Waals surface area contributed by atoms with Gasteiger partial charge < -0.3 is 29.4 Å². The lowest BCUT2D eigenvalue weighted by molar-refractivity contribution is 0.174. The van der Waals surface area contributed by atoms with Crippen LogP contribution in [-0.2, 0) is 6.54 Å². The summed E-state index contributed by atoms with van der Waals surface area (Å²) in [5, 5.41) is 5.75. The summed E-state index contributed by atoms with van der Waals surface area (Å²) in [6, 6.07) is 3.07. The molecule has 2 aromatic rings. The number of ether oxygens (including phenoxy) is 3. The molecule has 0 saturated heterocycles. The monoisotopic (exact) mass is 332 g/mol. The number of urea groups is 1. The highest BCUT2D eigenvalue weighted by Crippen LogP contribution is 2.40. The SMILES string of the molecule is CCC(Cn1ccnc1)NC(=O)Nc1cc2c(cc1OC)OCO2. The molecule has 0 radical (unpaired) electrons. The molecule has 8 heteroatoms. The number of rotatable bonds is 6. The molecule has 1 aromatic heterocycles. The average Bonchev–Trinajstić information content (AvgIpc) is 3.24. The largest absolute Gasteiger partial charge is 0.494 e. The number of nitrogens with one attached hydrogen (secondary N) is 2. The van der Waals surface area contributed by atoms with Crippen LogP contribution in [-0.4, -0.2) is 35.5 Å². The second kappa shape index (κ2) is 7.12. The lowest BCUT2D eigenvalue weighted by Gasteiger charge is -2.18. The molecule has 1 aliphatic rings. The van der Waals surface area contributed by atoms with E-state index in [9.17, 15) is 4.79 Å². The molecule has 1 aromatic carbocycles. The smallest absolute Gasteiger partial charge is 0.319 e. The van der Waals surface area contributed by atoms with Crippen LogP contribution in [0.1, 0.15) is 13.3 Å². The maximum absolute atomic E-state index is 12.3. The molecule has 1 aliphatic heterocycles. The number of amides is 2. The van der Waals surface area contributed by atoms with Crippen LogP contribution in [0.15, 0.2) is 30.9 Å². The van der Waals surface area contributed by atoms with Crippen molar-refractivity contribution in [1.82, 2.24) is 14.9 Å². The van der Waals surface area contributed by atoms with Crippen LogP contribution in [0.3, 0.4) is 0 Å². The molecule has 0 saturated carbocycles. The van der Waals surface area contributed by atoms with E-state index in [-0.39, 0.29) is 18.9 Å². The van der Waals surface area contributed by atoms with Gasteiger partial charge in [0.15, 0.2) is 11.5 Å². The quantitative estimate of drug-likeness (QED) is 0.847. The van der Waals surface area contributed by atoms with Crippen molar-refractivity contribution in [1.29, 1.82) is 0 Å². The number of aromatic nitrogens is 2. The fourth-order valence-corrected chi connectivity index (χ4v) is 2.46. The van der Waals surface area contributed by atoms with Crippen LogP contribution in [0, 0.1) is 0 Å². The number of benzene rings is 1. The second-order valence-electron chi connectivity index (χ2n) is 5.37. The van der Waals surface area contributed by atoms with Crippen LogP contribution in [0.25, 0.3) is 0 Å². The van der Waals surface area contributed by atoms with Crippen LogP contribution >= 0.6 is 0 Å². The van der Waals surface area contributed by atoms with Gasteiger partial charge >= 0.3 is 6.03 Å². The van der Waals surface area contributed by atoms with Gasteiger partial charge in [0.1, 0.15) is 5.75 Å². The number of methoxy groups -OCH3 is 1. The maximum atomic E-state index is 12.3. The molecular weight excluding hydrogens is 312 g/mol. The summed E-state index contributed by atoms with van der Waals surface area (Å²) in [6.45, 7) is 2.84. The summed E-state index contributed by atoms with van der Waals surface area (Å²) in [5.74, 6) is 1.69. The van der Waals surface area contributed by atoms with Crippen LogP contribution in [0.5, 0.6) is 17.2 Å². The molecule has 24 heavy (non-hydrogen) atoms. The highest BCUT2D eigenvalue weighted by Gasteiger charge is 2.19. The zero-order valence-corrected chi connectivity index (χ0v) is 13.6. The van der Waals surface area contributed by atoms with Crippen molar-refractivity contribution in [3.05, 3.63) is 30.9 Å². The lowest BCUT2D eigenvalue weighted by Crippen LogP contribution is -2.40. The number of hydrogen-bond acceptors (Lipinski definition) is 5. The lowest BCUT2D eigenvalue weighted by atomic mass is 10.2. The third-order valence-electron chi connectivity index (χ3n) is 3.76. The minimum atomic E-state index is -0.306. The van der Waals surface area contributed by atoms with E-state index in [1.54, 1.807) is 24.7 Å². The van der Waals surface area contributed by atoms with E-state index in [4.69, 9.17) is 14.2 Å². The average molecular weight is 332 g/mol. The van der Waals surface area contributed by atoms with Gasteiger partial charge in [-0.3, -0.25) is 0 Å². The van der Waals surface area contributed by atoms with Gasteiger partial charge in [0, 0.05) is 37.1 Å². The minimum absolute atomic E-state index is 0.0146. The standard InChI is InChI=1S/C16H20N4O4/c1-3-11(8-20-5-4-17-9-20)18-16(21)19-12-6-14-15(24-10-23-14)7-13(12)22-2/h4-7,9,11H,3,8,10H2,1-2H3,(H2,18,19,21). The first-order chi connectivity index (χ1) is 11.7. The molecule has 1 unspecified atom stereocenters. The Bertz CT molecular complexity index is 702. The Labute approximate surface area is 139 Å². The van der Waals surface area contributed by atoms with Gasteiger partial charge in [-0.2, -0.15) is 0 Å². The molecule has 1 atom stereocenters. The van der Waals surface area contributed by atoms with Crippen molar-refractivity contribution in [2.24, 2.45) is 0 Å². The van der Waals surface area contributed by atoms with E-state index in [1.165, 1.54) is 7.11 Å². The van der Waals surface area contributed by atoms with Crippen molar-refractivity contribution in [2.45, 2.75) is 25.9 Å². The number of imidazole rings is 1. The highest BCUT2D eigenvalue weighted by molar-refractivity contribution is 5.91. The first-order valence-electron chi connectivity index (χ1n) is 7.70. The molecule has 0 bridgehead atoms. The zero-order chi connectivity index (χ0) is 16.9. The Balaban J connectivity index is 1.65. The van der Waals surface area contributed by atoms with Crippen LogP contribution in [0.2, 0.25) is 0 Å². The fraction of sp³-hybridized carbons (Fsp3) is 0.375. The molecule has 128 valence electrons. The summed E-state index contributed by atoms with van der Waals surface area (Å²) in [6.07, 6.45) is 6.10. The van der Waals surface area contributed by atoms with Crippen molar-refractivity contribution < 1.29 is 19.0 Å². The number of fused-ring (bicyclic) bond motifs is 1. The van der Waals surface area contributed by atoms with E-state index >= 15 is 0 Å². The van der Waals surface area contributed by atoms with E-state index in [1.807, 2.05) is 17.7 Å². The normalized spacial score (nSPS) is 13.4. The summed E-state index contributed by atoms with van der Waals surface area (Å²) in [4.78, 5) is 16.3. The van der Waals surface area contributed by atoms with E-state index in [2.05, 4.69) is 15.6 Å². The molecule has 2 N–H and O–H groups in total. The number of anilines is 1. The summed E-state index contributed by atoms with van der Waals surface area (Å²) < 4.78 is 17.9. The Morgan fingerprint density at radius 2 is 2.21 bits per heavy atom. The Morgan fingerprint density at radius 1 is 1.42 bits per heavy atom. The number of nitrogens with zero attached hydrogens (tertiary/aromatic N) is 2. The van der Waals surface area contributed by atoms with E-state index < -0.39 is 0 Å². The van der Waals surface area contributed by atoms with Gasteiger partial charge in [-0.1, -0.05) is 6.92 Å². The third-order valence-corrected chi connectivity index (χ3v) is 3.76. The molecule has 0 spiro atoms. The Hall–Kier alpha value is -2.90. The van der Waals surface area contributed by atoms with E-state index in [0.29, 0.717) is 29.5 Å². The number of carbonyl (C=O) groups is 1. The first kappa shape index (κ1) is 16.0. The highest BCUT2D eigenvalue weighted by atomic mass is 16.7. The molecular formula is C16H20N4O4. The first-order valence-corrected chi connectivity index (χ1v) is 7.70. The molecule has 2 heterocycles. The van der Waals surface area contributed by atoms with Crippen molar-refractivity contribution in [3.8, 4) is 17.2 Å². The second-order valence-corrected chi connectivity index (χ2v) is 5.37. The van der Waals surface area contributed by atoms with E-state index in [0.717, 1.165) is 6.42 Å². The summed E-state index contributed by atoms with van der Waals surface area (Å²) in [5.41, 5.74) is 0.525. The molecule has 3 rings (SSSR count). The van der Waals surface area contributed by atoms with Crippen molar-refractivity contribution in [2.75, 3.05) is 19.2 Å². The van der Waals surface area contributed by atoms with Gasteiger partial charge in [0.25, 0.3) is 0 Å². The predicted molar refractivity (Wildman–Crippen MR) is 87.6 cm³/mol. The van der Waals surface area contributed by atoms with Gasteiger partial charge in [0.05, 0.1) is 19.1 Å². The minimum Gasteiger partial charge on any atom is -0.494 e. The third kappa shape index (κ3) is 3.53. The maximum Gasteiger partial charge on any atom is 0.319 e. The number of hydrogen-bond donors (Lipinski definition) is 2. The van der Waals surface area contributed by atoms with Gasteiger partial charge in [-0.05, 0) is 6.42 Å². The zero-order valence-electron chi connectivity index (χ0n) is 13.6. The summed E-state index contributed by atoms with van der Waals surface area (Å²) >= 11 is 0. The molecule has 2 amide bonds. The van der Waals surface area contributed by atoms with Crippen LogP contribution in [0.4, 0.5) is 10.5 Å².